The van der Waals surface area contributed by atoms with Gasteiger partial charge in [-0.2, -0.15) is 10.2 Å². The van der Waals surface area contributed by atoms with Crippen molar-refractivity contribution in [2.45, 2.75) is 0 Å². The molecule has 0 saturated carbocycles. The predicted octanol–water partition coefficient (Wildman–Crippen LogP) is 3.33. The number of hydrazone groups is 2. The molecule has 4 N–H and O–H groups in total. The maximum atomic E-state index is 12.1. The van der Waals surface area contributed by atoms with Gasteiger partial charge < -0.3 is 29.2 Å². The molecule has 0 fully saturated rings. The first-order valence-electron chi connectivity index (χ1n) is 12.5. The summed E-state index contributed by atoms with van der Waals surface area (Å²) in [6.07, 6.45) is 2.60. The van der Waals surface area contributed by atoms with Crippen LogP contribution in [0.5, 0.6) is 34.5 Å². The molecule has 42 heavy (non-hydrogen) atoms. The quantitative estimate of drug-likeness (QED) is 0.149. The number of nitrogens with one attached hydrogen (secondary N) is 2. The Labute approximate surface area is 240 Å². The number of amides is 2. The second kappa shape index (κ2) is 14.0. The number of rotatable bonds is 12. The smallest absolute Gasteiger partial charge is 0.277 e. The van der Waals surface area contributed by atoms with E-state index in [0.29, 0.717) is 34.1 Å². The van der Waals surface area contributed by atoms with E-state index in [2.05, 4.69) is 21.1 Å². The molecule has 0 bridgehead atoms. The minimum atomic E-state index is -0.486. The summed E-state index contributed by atoms with van der Waals surface area (Å²) >= 11 is 0. The molecule has 0 aliphatic rings. The van der Waals surface area contributed by atoms with Gasteiger partial charge in [0.1, 0.15) is 34.5 Å². The Hall–Kier alpha value is -5.78. The van der Waals surface area contributed by atoms with Gasteiger partial charge in [-0.3, -0.25) is 9.59 Å². The van der Waals surface area contributed by atoms with Crippen molar-refractivity contribution in [2.75, 3.05) is 27.4 Å². The van der Waals surface area contributed by atoms with Crippen LogP contribution in [0, 0.1) is 0 Å². The van der Waals surface area contributed by atoms with Gasteiger partial charge in [0.25, 0.3) is 11.8 Å². The van der Waals surface area contributed by atoms with Gasteiger partial charge in [0.05, 0.1) is 26.6 Å². The molecule has 216 valence electrons. The minimum absolute atomic E-state index is 0.00500. The molecule has 4 rings (SSSR count). The van der Waals surface area contributed by atoms with E-state index in [9.17, 15) is 19.8 Å². The Morgan fingerprint density at radius 1 is 0.643 bits per heavy atom. The van der Waals surface area contributed by atoms with Crippen LogP contribution in [0.25, 0.3) is 10.8 Å². The van der Waals surface area contributed by atoms with Crippen LogP contribution in [0.4, 0.5) is 0 Å². The van der Waals surface area contributed by atoms with Crippen molar-refractivity contribution < 1.29 is 38.7 Å². The third-order valence-electron chi connectivity index (χ3n) is 5.78. The summed E-state index contributed by atoms with van der Waals surface area (Å²) in [5.74, 6) is 1.04. The Morgan fingerprint density at radius 3 is 1.45 bits per heavy atom. The van der Waals surface area contributed by atoms with Gasteiger partial charge >= 0.3 is 0 Å². The van der Waals surface area contributed by atoms with Crippen molar-refractivity contribution in [2.24, 2.45) is 10.2 Å². The molecular formula is C30H28N4O8. The number of benzene rings is 4. The van der Waals surface area contributed by atoms with E-state index in [0.717, 1.165) is 10.8 Å². The zero-order chi connectivity index (χ0) is 29.9. The fourth-order valence-corrected chi connectivity index (χ4v) is 3.62. The van der Waals surface area contributed by atoms with Gasteiger partial charge in [0, 0.05) is 11.1 Å². The Morgan fingerprint density at radius 2 is 1.05 bits per heavy atom. The monoisotopic (exact) mass is 572 g/mol. The van der Waals surface area contributed by atoms with E-state index in [4.69, 9.17) is 18.9 Å². The summed E-state index contributed by atoms with van der Waals surface area (Å²) in [7, 11) is 3.01. The number of nitrogens with zero attached hydrogens (tertiary/aromatic N) is 2. The summed E-state index contributed by atoms with van der Waals surface area (Å²) < 4.78 is 21.3. The van der Waals surface area contributed by atoms with Crippen LogP contribution in [0.3, 0.4) is 0 Å². The highest BCUT2D eigenvalue weighted by atomic mass is 16.5. The number of carbonyl (C=O) groups is 2. The molecule has 0 aliphatic heterocycles. The molecule has 12 nitrogen and oxygen atoms in total. The van der Waals surface area contributed by atoms with Gasteiger partial charge in [0.15, 0.2) is 13.2 Å². The van der Waals surface area contributed by atoms with Crippen LogP contribution in [0.1, 0.15) is 11.1 Å². The van der Waals surface area contributed by atoms with Gasteiger partial charge in [-0.25, -0.2) is 10.9 Å². The van der Waals surface area contributed by atoms with E-state index in [-0.39, 0.29) is 24.7 Å². The summed E-state index contributed by atoms with van der Waals surface area (Å²) in [5.41, 5.74) is 5.45. The number of fused-ring (bicyclic) bond motifs is 1. The van der Waals surface area contributed by atoms with Crippen molar-refractivity contribution >= 4 is 35.0 Å². The van der Waals surface area contributed by atoms with Crippen molar-refractivity contribution in [1.82, 2.24) is 10.9 Å². The van der Waals surface area contributed by atoms with E-state index in [1.165, 1.54) is 38.8 Å². The first-order valence-corrected chi connectivity index (χ1v) is 12.5. The lowest BCUT2D eigenvalue weighted by Crippen LogP contribution is -2.24. The van der Waals surface area contributed by atoms with Gasteiger partial charge in [-0.05, 0) is 71.4 Å². The Balaban J connectivity index is 1.24. The molecule has 0 saturated heterocycles. The summed E-state index contributed by atoms with van der Waals surface area (Å²) in [4.78, 5) is 24.2. The lowest BCUT2D eigenvalue weighted by molar-refractivity contribution is -0.123. The number of phenols is 2. The maximum Gasteiger partial charge on any atom is 0.277 e. The predicted molar refractivity (Wildman–Crippen MR) is 156 cm³/mol. The van der Waals surface area contributed by atoms with Crippen molar-refractivity contribution in [3.05, 3.63) is 83.9 Å². The average Bonchev–Trinajstić information content (AvgIpc) is 3.00. The molecule has 0 atom stereocenters. The maximum absolute atomic E-state index is 12.1. The molecule has 0 heterocycles. The highest BCUT2D eigenvalue weighted by Crippen LogP contribution is 2.25. The topological polar surface area (TPSA) is 160 Å². The third-order valence-corrected chi connectivity index (χ3v) is 5.78. The molecule has 0 spiro atoms. The lowest BCUT2D eigenvalue weighted by Gasteiger charge is -2.09. The molecule has 4 aromatic rings. The van der Waals surface area contributed by atoms with Crippen molar-refractivity contribution in [1.29, 1.82) is 0 Å². The van der Waals surface area contributed by atoms with Crippen LogP contribution < -0.4 is 29.8 Å². The molecule has 0 aliphatic carbocycles. The zero-order valence-corrected chi connectivity index (χ0v) is 22.7. The number of hydrogen-bond donors (Lipinski definition) is 4. The highest BCUT2D eigenvalue weighted by Gasteiger charge is 2.07. The van der Waals surface area contributed by atoms with Crippen LogP contribution in [0.2, 0.25) is 0 Å². The number of phenolic OH excluding ortho intramolecular Hbond substituents is 2. The van der Waals surface area contributed by atoms with Crippen LogP contribution >= 0.6 is 0 Å². The Bertz CT molecular complexity index is 1520. The largest absolute Gasteiger partial charge is 0.507 e. The molecule has 12 heteroatoms. The van der Waals surface area contributed by atoms with Gasteiger partial charge in [0.2, 0.25) is 0 Å². The number of aromatic hydroxyl groups is 2. The molecule has 4 aromatic carbocycles. The fourth-order valence-electron chi connectivity index (χ4n) is 3.62. The summed E-state index contributed by atoms with van der Waals surface area (Å²) in [5, 5.41) is 29.1. The molecule has 0 radical (unpaired) electrons. The summed E-state index contributed by atoms with van der Waals surface area (Å²) in [6, 6.07) is 19.8. The third kappa shape index (κ3) is 8.11. The first-order chi connectivity index (χ1) is 20.3. The zero-order valence-electron chi connectivity index (χ0n) is 22.7. The minimum Gasteiger partial charge on any atom is -0.507 e. The second-order valence-corrected chi connectivity index (χ2v) is 8.68. The summed E-state index contributed by atoms with van der Waals surface area (Å²) in [6.45, 7) is -0.549. The first kappa shape index (κ1) is 29.2. The Kier molecular flexibility index (Phi) is 9.76. The fraction of sp³-hybridized carbons (Fsp3) is 0.133. The van der Waals surface area contributed by atoms with E-state index >= 15 is 0 Å². The van der Waals surface area contributed by atoms with E-state index in [1.807, 2.05) is 0 Å². The molecule has 2 amide bonds. The normalized spacial score (nSPS) is 11.0. The highest BCUT2D eigenvalue weighted by molar-refractivity contribution is 5.88. The second-order valence-electron chi connectivity index (χ2n) is 8.68. The number of hydrogen-bond acceptors (Lipinski definition) is 10. The lowest BCUT2D eigenvalue weighted by atomic mass is 10.1. The van der Waals surface area contributed by atoms with Crippen LogP contribution in [0.15, 0.2) is 83.0 Å². The molecule has 0 aromatic heterocycles. The van der Waals surface area contributed by atoms with E-state index < -0.39 is 11.8 Å². The van der Waals surface area contributed by atoms with Crippen molar-refractivity contribution in [3.63, 3.8) is 0 Å². The van der Waals surface area contributed by atoms with Crippen LogP contribution in [-0.4, -0.2) is 61.9 Å². The van der Waals surface area contributed by atoms with E-state index in [1.54, 1.807) is 60.7 Å². The number of ether oxygens (including phenoxy) is 4. The number of methoxy groups -OCH3 is 2. The van der Waals surface area contributed by atoms with Crippen LogP contribution in [-0.2, 0) is 9.59 Å². The standard InChI is InChI=1S/C30H28N4O8/c1-39-23-7-9-27(35)21(13-23)15-31-33-29(37)17-41-25-5-3-20-12-26(6-4-19(20)11-25)42-18-30(38)34-32-16-22-14-24(40-2)8-10-28(22)36/h3-16,35-36H,17-18H2,1-2H3,(H,33,37)(H,34,38)/b31-15+,32-16+. The molecule has 0 unspecified atom stereocenters. The van der Waals surface area contributed by atoms with Gasteiger partial charge in [-0.15, -0.1) is 0 Å². The molecular weight excluding hydrogens is 544 g/mol. The SMILES string of the molecule is COc1ccc(O)c(/C=N/NC(=O)COc2ccc3cc(OCC(=O)N/N=C/c4cc(OC)ccc4O)ccc3c2)c1. The average molecular weight is 573 g/mol. The number of carbonyl (C=O) groups excluding carboxylic acids is 2. The van der Waals surface area contributed by atoms with Crippen molar-refractivity contribution in [3.8, 4) is 34.5 Å². The van der Waals surface area contributed by atoms with Gasteiger partial charge in [-0.1, -0.05) is 12.1 Å².